The number of halogens is 3. The van der Waals surface area contributed by atoms with Crippen LogP contribution in [0.4, 0.5) is 0 Å². The number of pyridine rings is 1. The number of rotatable bonds is 9. The van der Waals surface area contributed by atoms with Gasteiger partial charge in [-0.05, 0) is 12.8 Å². The van der Waals surface area contributed by atoms with Crippen molar-refractivity contribution in [1.29, 1.82) is 5.26 Å². The van der Waals surface area contributed by atoms with Crippen molar-refractivity contribution in [3.8, 4) is 11.8 Å². The molecule has 0 spiro atoms. The average Bonchev–Trinajstić information content (AvgIpc) is 3.71. The van der Waals surface area contributed by atoms with Gasteiger partial charge in [0.15, 0.2) is 0 Å². The van der Waals surface area contributed by atoms with Gasteiger partial charge in [-0.15, -0.1) is 0 Å². The normalized spacial score (nSPS) is 23.6. The molecule has 1 saturated heterocycles. The van der Waals surface area contributed by atoms with Crippen LogP contribution in [0.15, 0.2) is 30.5 Å². The van der Waals surface area contributed by atoms with Crippen molar-refractivity contribution in [1.82, 2.24) is 4.98 Å². The van der Waals surface area contributed by atoms with Gasteiger partial charge in [0.25, 0.3) is 0 Å². The number of ketones is 1. The minimum absolute atomic E-state index is 0.0493. The van der Waals surface area contributed by atoms with Gasteiger partial charge in [-0.25, -0.2) is 0 Å². The zero-order valence-electron chi connectivity index (χ0n) is 18.7. The van der Waals surface area contributed by atoms with E-state index in [0.29, 0.717) is 29.4 Å². The zero-order chi connectivity index (χ0) is 24.1. The number of hydrogen-bond acceptors (Lipinski definition) is 6. The molecule has 0 aromatic carbocycles. The van der Waals surface area contributed by atoms with Crippen LogP contribution in [0.25, 0.3) is 5.57 Å². The molecule has 3 heterocycles. The van der Waals surface area contributed by atoms with Crippen LogP contribution < -0.4 is 4.74 Å². The van der Waals surface area contributed by atoms with Crippen LogP contribution in [-0.2, 0) is 9.59 Å². The Morgan fingerprint density at radius 3 is 2.88 bits per heavy atom. The number of Topliss-reactive ketones (excluding diaryl/α,β-unsaturated/α-hetero) is 1. The Kier molecular flexibility index (Phi) is 9.68. The number of aliphatic hydroxyl groups excluding tert-OH is 1. The van der Waals surface area contributed by atoms with Crippen LogP contribution in [0.1, 0.15) is 43.4 Å². The fraction of sp³-hybridized carbons (Fsp3) is 0.480. The quantitative estimate of drug-likeness (QED) is 0.219. The fourth-order valence-corrected chi connectivity index (χ4v) is 14.3. The first kappa shape index (κ1) is 26.3. The van der Waals surface area contributed by atoms with E-state index in [0.717, 1.165) is 50.2 Å². The SMILES string of the molecule is N#Cc1cc(C2=CC(CCC(=O)C3CC3)=ICC=C2)ncc1O[C@H]1CCI(C(=O)CO)C[C@H]1I. The number of aliphatic hydroxyl groups is 1. The van der Waals surface area contributed by atoms with E-state index in [2.05, 4.69) is 51.9 Å². The first-order valence-electron chi connectivity index (χ1n) is 11.3. The molecule has 1 aromatic heterocycles. The molecule has 1 aromatic rings. The summed E-state index contributed by atoms with van der Waals surface area (Å²) in [7, 11) is 0. The van der Waals surface area contributed by atoms with Crippen molar-refractivity contribution in [3.05, 3.63) is 41.7 Å². The minimum atomic E-state index is -1.78. The molecule has 4 rings (SSSR count). The first-order chi connectivity index (χ1) is 16.5. The molecule has 9 heteroatoms. The fourth-order valence-electron chi connectivity index (χ4n) is 3.85. The van der Waals surface area contributed by atoms with Crippen LogP contribution in [0.3, 0.4) is 0 Å². The summed E-state index contributed by atoms with van der Waals surface area (Å²) in [6, 6.07) is 4.05. The summed E-state index contributed by atoms with van der Waals surface area (Å²) in [5, 5.41) is 19.0. The number of alkyl halides is 4. The number of carbonyl (C=O) groups is 2. The number of nitriles is 1. The van der Waals surface area contributed by atoms with Gasteiger partial charge in [-0.2, -0.15) is 0 Å². The number of carbonyl (C=O) groups excluding carboxylic acids is 2. The van der Waals surface area contributed by atoms with Gasteiger partial charge < -0.3 is 0 Å². The Labute approximate surface area is 230 Å². The molecule has 0 bridgehead atoms. The topological polar surface area (TPSA) is 100 Å². The molecule has 0 unspecified atom stereocenters. The molecule has 1 aliphatic carbocycles. The Bertz CT molecular complexity index is 1090. The van der Waals surface area contributed by atoms with E-state index in [1.165, 1.54) is 3.51 Å². The number of hydrogen-bond donors (Lipinski definition) is 1. The molecule has 1 N–H and O–H groups in total. The van der Waals surface area contributed by atoms with Gasteiger partial charge in [0, 0.05) is 12.3 Å². The molecule has 3 aliphatic rings. The molecule has 0 radical (unpaired) electrons. The monoisotopic (exact) mass is 800 g/mol. The van der Waals surface area contributed by atoms with E-state index in [-0.39, 0.29) is 41.2 Å². The van der Waals surface area contributed by atoms with Crippen LogP contribution in [0.2, 0.25) is 0 Å². The average molecular weight is 800 g/mol. The van der Waals surface area contributed by atoms with Gasteiger partial charge in [0.2, 0.25) is 0 Å². The van der Waals surface area contributed by atoms with Crippen molar-refractivity contribution >= 4 is 81.8 Å². The molecule has 6 nitrogen and oxygen atoms in total. The van der Waals surface area contributed by atoms with Crippen molar-refractivity contribution in [3.63, 3.8) is 0 Å². The molecule has 2 fully saturated rings. The molecule has 182 valence electrons. The van der Waals surface area contributed by atoms with Crippen LogP contribution in [-0.4, -0.2) is 53.1 Å². The first-order valence-corrected chi connectivity index (χ1v) is 19.3. The molecular weight excluding hydrogens is 773 g/mol. The van der Waals surface area contributed by atoms with Crippen LogP contribution >= 0.6 is 63.1 Å². The summed E-state index contributed by atoms with van der Waals surface area (Å²) in [5.41, 5.74) is 2.18. The third-order valence-electron chi connectivity index (χ3n) is 5.93. The van der Waals surface area contributed by atoms with Gasteiger partial charge >= 0.3 is 197 Å². The predicted molar refractivity (Wildman–Crippen MR) is 160 cm³/mol. The van der Waals surface area contributed by atoms with E-state index in [4.69, 9.17) is 4.74 Å². The van der Waals surface area contributed by atoms with Crippen LogP contribution in [0, 0.1) is 17.2 Å². The van der Waals surface area contributed by atoms with Crippen molar-refractivity contribution < 1.29 is 19.4 Å². The Morgan fingerprint density at radius 1 is 1.35 bits per heavy atom. The van der Waals surface area contributed by atoms with Gasteiger partial charge in [0.05, 0.1) is 0 Å². The van der Waals surface area contributed by atoms with E-state index < -0.39 is 19.8 Å². The summed E-state index contributed by atoms with van der Waals surface area (Å²) in [4.78, 5) is 28.7. The molecule has 34 heavy (non-hydrogen) atoms. The molecule has 2 atom stereocenters. The summed E-state index contributed by atoms with van der Waals surface area (Å²) in [6.45, 7) is -0.341. The summed E-state index contributed by atoms with van der Waals surface area (Å²) in [5.74, 6) is 1.20. The third-order valence-corrected chi connectivity index (χ3v) is 17.6. The molecular formula is C25H27I3N2O4. The maximum absolute atomic E-state index is 12.1. The van der Waals surface area contributed by atoms with Crippen molar-refractivity contribution in [2.45, 2.75) is 42.1 Å². The molecule has 1 saturated carbocycles. The van der Waals surface area contributed by atoms with Gasteiger partial charge in [-0.1, -0.05) is 0 Å². The Morgan fingerprint density at radius 2 is 2.18 bits per heavy atom. The summed E-state index contributed by atoms with van der Waals surface area (Å²) in [6.07, 6.45) is 12.4. The van der Waals surface area contributed by atoms with Crippen molar-refractivity contribution in [2.75, 3.05) is 19.9 Å². The molecule has 2 aliphatic heterocycles. The second-order valence-corrected chi connectivity index (χ2v) is 18.8. The molecule has 0 amide bonds. The van der Waals surface area contributed by atoms with E-state index in [1.807, 2.05) is 0 Å². The second-order valence-electron chi connectivity index (χ2n) is 8.43. The number of aromatic nitrogens is 1. The second kappa shape index (κ2) is 12.5. The number of allylic oxidation sites excluding steroid dienone is 4. The number of ether oxygens (including phenoxy) is 1. The zero-order valence-corrected chi connectivity index (χ0v) is 25.2. The van der Waals surface area contributed by atoms with Crippen LogP contribution in [0.5, 0.6) is 5.75 Å². The third kappa shape index (κ3) is 6.94. The predicted octanol–water partition coefficient (Wildman–Crippen LogP) is 4.79. The van der Waals surface area contributed by atoms with E-state index in [1.54, 1.807) is 12.3 Å². The summed E-state index contributed by atoms with van der Waals surface area (Å²) < 4.78 is 10.5. The maximum atomic E-state index is 12.1. The number of nitrogens with zero attached hydrogens (tertiary/aromatic N) is 2. The Hall–Kier alpha value is -0.720. The Balaban J connectivity index is 1.45. The summed E-state index contributed by atoms with van der Waals surface area (Å²) >= 11 is 0.432. The standard InChI is InChI=1S/C25H27I3N2O4/c26-20-12-28(25(33)15-31)9-7-23(20)34-24-14-30-21(11-18(24)13-29)17-2-1-8-27-19(10-17)5-6-22(32)16-3-4-16/h1-2,10-11,14,16,20,23,31H,3-9,12,15H2/t20-,23+/m1/s1. The van der Waals surface area contributed by atoms with Crippen molar-refractivity contribution in [2.24, 2.45) is 5.92 Å². The van der Waals surface area contributed by atoms with Gasteiger partial charge in [-0.3, -0.25) is 4.79 Å². The van der Waals surface area contributed by atoms with E-state index >= 15 is 0 Å². The van der Waals surface area contributed by atoms with E-state index in [9.17, 15) is 20.0 Å². The van der Waals surface area contributed by atoms with Gasteiger partial charge in [0.1, 0.15) is 5.78 Å².